The minimum absolute atomic E-state index is 0.296. The van der Waals surface area contributed by atoms with Crippen molar-refractivity contribution in [1.29, 1.82) is 0 Å². The highest BCUT2D eigenvalue weighted by Crippen LogP contribution is 2.24. The fraction of sp³-hybridized carbons (Fsp3) is 1.00. The summed E-state index contributed by atoms with van der Waals surface area (Å²) in [5.74, 6) is 1.17. The molecule has 17 heavy (non-hydrogen) atoms. The average molecular weight is 260 g/mol. The predicted molar refractivity (Wildman–Crippen MR) is 69.3 cm³/mol. The van der Waals surface area contributed by atoms with Gasteiger partial charge >= 0.3 is 0 Å². The lowest BCUT2D eigenvalue weighted by molar-refractivity contribution is 0.402. The number of piperidine rings is 1. The van der Waals surface area contributed by atoms with Gasteiger partial charge in [0.25, 0.3) is 0 Å². The van der Waals surface area contributed by atoms with Crippen LogP contribution < -0.4 is 10.0 Å². The van der Waals surface area contributed by atoms with Gasteiger partial charge in [-0.15, -0.1) is 0 Å². The summed E-state index contributed by atoms with van der Waals surface area (Å²) in [6.07, 6.45) is 7.04. The first-order valence-electron chi connectivity index (χ1n) is 6.84. The Morgan fingerprint density at radius 3 is 2.41 bits per heavy atom. The summed E-state index contributed by atoms with van der Waals surface area (Å²) in [5, 5.41) is 3.26. The van der Waals surface area contributed by atoms with E-state index in [1.54, 1.807) is 0 Å². The largest absolute Gasteiger partial charge is 0.316 e. The first kappa shape index (κ1) is 13.3. The summed E-state index contributed by atoms with van der Waals surface area (Å²) in [7, 11) is -3.06. The zero-order chi connectivity index (χ0) is 12.1. The normalized spacial score (nSPS) is 27.4. The number of rotatable bonds is 5. The molecule has 1 atom stereocenters. The second-order valence-corrected chi connectivity index (χ2v) is 7.34. The zero-order valence-electron chi connectivity index (χ0n) is 10.5. The van der Waals surface area contributed by atoms with Crippen LogP contribution in [-0.2, 0) is 10.0 Å². The molecule has 100 valence electrons. The van der Waals surface area contributed by atoms with Crippen LogP contribution >= 0.6 is 0 Å². The lowest BCUT2D eigenvalue weighted by Gasteiger charge is -2.22. The van der Waals surface area contributed by atoms with Crippen molar-refractivity contribution in [2.75, 3.05) is 25.4 Å². The quantitative estimate of drug-likeness (QED) is 0.778. The van der Waals surface area contributed by atoms with Gasteiger partial charge in [-0.2, -0.15) is 0 Å². The van der Waals surface area contributed by atoms with Crippen molar-refractivity contribution >= 4 is 10.0 Å². The van der Waals surface area contributed by atoms with Gasteiger partial charge in [0.05, 0.1) is 5.75 Å². The summed E-state index contributed by atoms with van der Waals surface area (Å²) >= 11 is 0. The molecule has 1 aliphatic heterocycles. The van der Waals surface area contributed by atoms with E-state index in [1.807, 2.05) is 0 Å². The lowest BCUT2D eigenvalue weighted by Crippen LogP contribution is -2.38. The molecule has 2 fully saturated rings. The van der Waals surface area contributed by atoms with E-state index in [4.69, 9.17) is 0 Å². The predicted octanol–water partition coefficient (Wildman–Crippen LogP) is 1.10. The summed E-state index contributed by atoms with van der Waals surface area (Å²) in [4.78, 5) is 0. The van der Waals surface area contributed by atoms with Gasteiger partial charge in [-0.3, -0.25) is 0 Å². The summed E-state index contributed by atoms with van der Waals surface area (Å²) in [5.41, 5.74) is 0. The molecule has 1 saturated heterocycles. The van der Waals surface area contributed by atoms with Crippen LogP contribution in [-0.4, -0.2) is 33.8 Å². The fourth-order valence-corrected chi connectivity index (χ4v) is 4.41. The maximum atomic E-state index is 11.9. The Balaban J connectivity index is 1.73. The van der Waals surface area contributed by atoms with Crippen molar-refractivity contribution in [3.63, 3.8) is 0 Å². The van der Waals surface area contributed by atoms with Crippen molar-refractivity contribution in [1.82, 2.24) is 10.0 Å². The van der Waals surface area contributed by atoms with E-state index in [2.05, 4.69) is 10.0 Å². The Labute approximate surface area is 105 Å². The first-order valence-corrected chi connectivity index (χ1v) is 8.49. The smallest absolute Gasteiger partial charge is 0.211 e. The number of sulfonamides is 1. The molecule has 1 aliphatic carbocycles. The minimum atomic E-state index is -3.06. The molecule has 0 amide bonds. The monoisotopic (exact) mass is 260 g/mol. The van der Waals surface area contributed by atoms with Crippen LogP contribution in [0.3, 0.4) is 0 Å². The maximum absolute atomic E-state index is 11.9. The first-order chi connectivity index (χ1) is 8.16. The Morgan fingerprint density at radius 2 is 1.76 bits per heavy atom. The van der Waals surface area contributed by atoms with Crippen molar-refractivity contribution in [2.24, 2.45) is 11.8 Å². The van der Waals surface area contributed by atoms with Gasteiger partial charge in [0.15, 0.2) is 0 Å². The fourth-order valence-electron chi connectivity index (χ4n) is 2.89. The zero-order valence-corrected chi connectivity index (χ0v) is 11.3. The number of hydrogen-bond acceptors (Lipinski definition) is 3. The second kappa shape index (κ2) is 6.16. The van der Waals surface area contributed by atoms with Crippen LogP contribution in [0.15, 0.2) is 0 Å². The molecule has 1 unspecified atom stereocenters. The van der Waals surface area contributed by atoms with Gasteiger partial charge in [0, 0.05) is 6.54 Å². The number of hydrogen-bond donors (Lipinski definition) is 2. The van der Waals surface area contributed by atoms with Crippen LogP contribution in [0, 0.1) is 11.8 Å². The third kappa shape index (κ3) is 4.56. The molecule has 0 aromatic heterocycles. The number of nitrogens with one attached hydrogen (secondary N) is 2. The Hall–Kier alpha value is -0.130. The molecular weight excluding hydrogens is 236 g/mol. The van der Waals surface area contributed by atoms with Crippen LogP contribution in [0.1, 0.15) is 38.5 Å². The third-order valence-electron chi connectivity index (χ3n) is 3.92. The topological polar surface area (TPSA) is 58.2 Å². The van der Waals surface area contributed by atoms with Gasteiger partial charge in [-0.05, 0) is 50.6 Å². The van der Waals surface area contributed by atoms with E-state index in [0.29, 0.717) is 24.1 Å². The highest BCUT2D eigenvalue weighted by Gasteiger charge is 2.22. The van der Waals surface area contributed by atoms with E-state index < -0.39 is 10.0 Å². The molecule has 0 bridgehead atoms. The lowest BCUT2D eigenvalue weighted by atomic mass is 10.0. The molecule has 0 aromatic rings. The van der Waals surface area contributed by atoms with Crippen LogP contribution in [0.5, 0.6) is 0 Å². The van der Waals surface area contributed by atoms with E-state index in [9.17, 15) is 8.42 Å². The molecule has 2 aliphatic rings. The van der Waals surface area contributed by atoms with Gasteiger partial charge in [-0.1, -0.05) is 12.8 Å². The molecule has 0 radical (unpaired) electrons. The van der Waals surface area contributed by atoms with E-state index in [1.165, 1.54) is 25.7 Å². The van der Waals surface area contributed by atoms with Gasteiger partial charge in [0.2, 0.25) is 10.0 Å². The summed E-state index contributed by atoms with van der Waals surface area (Å²) in [6, 6.07) is 0. The highest BCUT2D eigenvalue weighted by molar-refractivity contribution is 7.89. The molecule has 4 nitrogen and oxygen atoms in total. The van der Waals surface area contributed by atoms with E-state index >= 15 is 0 Å². The van der Waals surface area contributed by atoms with Gasteiger partial charge < -0.3 is 5.32 Å². The van der Waals surface area contributed by atoms with Crippen molar-refractivity contribution in [3.8, 4) is 0 Å². The van der Waals surface area contributed by atoms with E-state index in [-0.39, 0.29) is 0 Å². The highest BCUT2D eigenvalue weighted by atomic mass is 32.2. The maximum Gasteiger partial charge on any atom is 0.211 e. The molecule has 0 spiro atoms. The van der Waals surface area contributed by atoms with Crippen molar-refractivity contribution < 1.29 is 8.42 Å². The molecular formula is C12H24N2O2S. The van der Waals surface area contributed by atoms with Crippen molar-refractivity contribution in [3.05, 3.63) is 0 Å². The molecule has 1 saturated carbocycles. The van der Waals surface area contributed by atoms with E-state index in [0.717, 1.165) is 25.9 Å². The third-order valence-corrected chi connectivity index (χ3v) is 5.44. The minimum Gasteiger partial charge on any atom is -0.316 e. The average Bonchev–Trinajstić information content (AvgIpc) is 2.80. The van der Waals surface area contributed by atoms with Crippen LogP contribution in [0.4, 0.5) is 0 Å². The Bertz CT molecular complexity index is 317. The standard InChI is InChI=1S/C12H24N2O2S/c15-17(16,10-12-6-3-7-13-8-12)14-9-11-4-1-2-5-11/h11-14H,1-10H2. The van der Waals surface area contributed by atoms with Crippen molar-refractivity contribution in [2.45, 2.75) is 38.5 Å². The van der Waals surface area contributed by atoms with Crippen LogP contribution in [0.25, 0.3) is 0 Å². The summed E-state index contributed by atoms with van der Waals surface area (Å²) < 4.78 is 26.6. The SMILES string of the molecule is O=S(=O)(CC1CCCNC1)NCC1CCCC1. The molecule has 0 aromatic carbocycles. The second-order valence-electron chi connectivity index (χ2n) is 5.49. The Kier molecular flexibility index (Phi) is 4.82. The molecule has 2 N–H and O–H groups in total. The van der Waals surface area contributed by atoms with Crippen LogP contribution in [0.2, 0.25) is 0 Å². The Morgan fingerprint density at radius 1 is 1.06 bits per heavy atom. The molecule has 1 heterocycles. The summed E-state index contributed by atoms with van der Waals surface area (Å²) in [6.45, 7) is 2.54. The molecule has 5 heteroatoms. The van der Waals surface area contributed by atoms with Gasteiger partial charge in [-0.25, -0.2) is 13.1 Å². The van der Waals surface area contributed by atoms with Gasteiger partial charge in [0.1, 0.15) is 0 Å². The molecule has 2 rings (SSSR count).